The molecule has 3 rings (SSSR count). The van der Waals surface area contributed by atoms with Gasteiger partial charge in [-0.05, 0) is 47.9 Å². The lowest BCUT2D eigenvalue weighted by atomic mass is 9.94. The molecule has 0 saturated heterocycles. The van der Waals surface area contributed by atoms with Crippen LogP contribution in [0, 0.1) is 5.92 Å². The molecule has 1 aromatic carbocycles. The van der Waals surface area contributed by atoms with E-state index in [4.69, 9.17) is 0 Å². The molecule has 1 aromatic heterocycles. The molecular weight excluding hydrogens is 450 g/mol. The summed E-state index contributed by atoms with van der Waals surface area (Å²) >= 11 is 4.40. The van der Waals surface area contributed by atoms with Gasteiger partial charge in [0.25, 0.3) is 0 Å². The molecule has 2 atom stereocenters. The van der Waals surface area contributed by atoms with Crippen LogP contribution in [-0.4, -0.2) is 44.7 Å². The van der Waals surface area contributed by atoms with Gasteiger partial charge in [0, 0.05) is 18.8 Å². The van der Waals surface area contributed by atoms with E-state index in [0.29, 0.717) is 25.2 Å². The van der Waals surface area contributed by atoms with Crippen LogP contribution in [0.1, 0.15) is 51.5 Å². The van der Waals surface area contributed by atoms with Crippen LogP contribution in [0.2, 0.25) is 0 Å². The number of carboxylic acid groups (broad SMARTS) is 1. The summed E-state index contributed by atoms with van der Waals surface area (Å²) in [5.41, 5.74) is 1.64. The highest BCUT2D eigenvalue weighted by Gasteiger charge is 2.44. The van der Waals surface area contributed by atoms with Gasteiger partial charge >= 0.3 is 5.97 Å². The number of carbonyl (C=O) groups is 3. The summed E-state index contributed by atoms with van der Waals surface area (Å²) < 4.78 is 0. The molecule has 0 radical (unpaired) electrons. The minimum Gasteiger partial charge on any atom is -0.480 e. The number of aromatic nitrogens is 1. The smallest absolute Gasteiger partial charge is 0.326 e. The van der Waals surface area contributed by atoms with Crippen molar-refractivity contribution >= 4 is 30.4 Å². The number of amides is 2. The van der Waals surface area contributed by atoms with Gasteiger partial charge in [-0.25, -0.2) is 4.79 Å². The van der Waals surface area contributed by atoms with E-state index in [1.807, 2.05) is 50.2 Å². The Morgan fingerprint density at radius 1 is 1.09 bits per heavy atom. The Hall–Kier alpha value is -2.87. The number of nitrogens with one attached hydrogen (secondary N) is 2. The minimum absolute atomic E-state index is 0.140. The lowest BCUT2D eigenvalue weighted by molar-refractivity contribution is -0.143. The predicted octanol–water partition coefficient (Wildman–Crippen LogP) is 3.63. The predicted molar refractivity (Wildman–Crippen MR) is 135 cm³/mol. The van der Waals surface area contributed by atoms with Crippen LogP contribution >= 0.6 is 12.6 Å². The molecule has 34 heavy (non-hydrogen) atoms. The SMILES string of the molecule is CC(C)CC(S)C(=O)NC1(C(=O)NC(Cc2ccc(-c3cccnc3)cc2)C(=O)O)CCCC1. The van der Waals surface area contributed by atoms with Crippen molar-refractivity contribution in [2.45, 2.75) is 69.2 Å². The summed E-state index contributed by atoms with van der Waals surface area (Å²) in [5, 5.41) is 14.9. The number of carboxylic acids is 1. The quantitative estimate of drug-likeness (QED) is 0.386. The molecule has 0 spiro atoms. The van der Waals surface area contributed by atoms with E-state index in [1.54, 1.807) is 12.4 Å². The molecular formula is C26H33N3O4S. The summed E-state index contributed by atoms with van der Waals surface area (Å²) in [4.78, 5) is 42.1. The summed E-state index contributed by atoms with van der Waals surface area (Å²) in [7, 11) is 0. The molecule has 3 N–H and O–H groups in total. The molecule has 2 aromatic rings. The second-order valence-corrected chi connectivity index (χ2v) is 10.1. The highest BCUT2D eigenvalue weighted by molar-refractivity contribution is 7.81. The van der Waals surface area contributed by atoms with Crippen LogP contribution < -0.4 is 10.6 Å². The van der Waals surface area contributed by atoms with E-state index < -0.39 is 28.7 Å². The van der Waals surface area contributed by atoms with Crippen LogP contribution in [0.4, 0.5) is 0 Å². The average molecular weight is 484 g/mol. The zero-order chi connectivity index (χ0) is 24.7. The van der Waals surface area contributed by atoms with Crippen molar-refractivity contribution in [2.75, 3.05) is 0 Å². The van der Waals surface area contributed by atoms with Crippen molar-refractivity contribution in [3.63, 3.8) is 0 Å². The first-order valence-corrected chi connectivity index (χ1v) is 12.2. The first kappa shape index (κ1) is 25.7. The van der Waals surface area contributed by atoms with Crippen LogP contribution in [-0.2, 0) is 20.8 Å². The monoisotopic (exact) mass is 483 g/mol. The van der Waals surface area contributed by atoms with Crippen molar-refractivity contribution in [1.29, 1.82) is 0 Å². The molecule has 1 aliphatic carbocycles. The summed E-state index contributed by atoms with van der Waals surface area (Å²) in [6.45, 7) is 4.02. The maximum absolute atomic E-state index is 13.3. The third-order valence-electron chi connectivity index (χ3n) is 6.24. The topological polar surface area (TPSA) is 108 Å². The van der Waals surface area contributed by atoms with Crippen molar-refractivity contribution in [3.8, 4) is 11.1 Å². The Balaban J connectivity index is 1.69. The number of pyridine rings is 1. The highest BCUT2D eigenvalue weighted by atomic mass is 32.1. The number of thiol groups is 1. The third-order valence-corrected chi connectivity index (χ3v) is 6.69. The molecule has 1 fully saturated rings. The van der Waals surface area contributed by atoms with Crippen molar-refractivity contribution < 1.29 is 19.5 Å². The Bertz CT molecular complexity index is 989. The first-order valence-electron chi connectivity index (χ1n) is 11.7. The number of hydrogen-bond donors (Lipinski definition) is 4. The molecule has 1 heterocycles. The zero-order valence-corrected chi connectivity index (χ0v) is 20.6. The van der Waals surface area contributed by atoms with E-state index >= 15 is 0 Å². The lowest BCUT2D eigenvalue weighted by Crippen LogP contribution is -2.61. The van der Waals surface area contributed by atoms with E-state index in [2.05, 4.69) is 28.2 Å². The van der Waals surface area contributed by atoms with Gasteiger partial charge in [-0.1, -0.05) is 57.0 Å². The van der Waals surface area contributed by atoms with Gasteiger partial charge < -0.3 is 15.7 Å². The normalized spacial score (nSPS) is 16.6. The Kier molecular flexibility index (Phi) is 8.72. The number of hydrogen-bond acceptors (Lipinski definition) is 5. The third kappa shape index (κ3) is 6.59. The number of aliphatic carboxylic acids is 1. The van der Waals surface area contributed by atoms with Crippen LogP contribution in [0.3, 0.4) is 0 Å². The molecule has 7 nitrogen and oxygen atoms in total. The molecule has 2 unspecified atom stereocenters. The second kappa shape index (κ2) is 11.5. The Morgan fingerprint density at radius 3 is 2.32 bits per heavy atom. The number of rotatable bonds is 10. The minimum atomic E-state index is -1.11. The van der Waals surface area contributed by atoms with Gasteiger partial charge in [0.2, 0.25) is 11.8 Å². The van der Waals surface area contributed by atoms with Gasteiger partial charge in [-0.2, -0.15) is 12.6 Å². The standard InChI is InChI=1S/C26H33N3O4S/c1-17(2)14-22(34)23(30)29-26(11-3-4-12-26)25(33)28-21(24(31)32)15-18-7-9-19(10-8-18)20-6-5-13-27-16-20/h5-10,13,16-17,21-22,34H,3-4,11-12,14-15H2,1-2H3,(H,28,33)(H,29,30)(H,31,32). The lowest BCUT2D eigenvalue weighted by Gasteiger charge is -2.31. The fraction of sp³-hybridized carbons (Fsp3) is 0.462. The Morgan fingerprint density at radius 2 is 1.76 bits per heavy atom. The largest absolute Gasteiger partial charge is 0.480 e. The second-order valence-electron chi connectivity index (χ2n) is 9.43. The van der Waals surface area contributed by atoms with Gasteiger partial charge in [-0.15, -0.1) is 0 Å². The average Bonchev–Trinajstić information content (AvgIpc) is 3.29. The van der Waals surface area contributed by atoms with E-state index in [1.165, 1.54) is 0 Å². The molecule has 0 bridgehead atoms. The van der Waals surface area contributed by atoms with Crippen LogP contribution in [0.25, 0.3) is 11.1 Å². The molecule has 0 aliphatic heterocycles. The zero-order valence-electron chi connectivity index (χ0n) is 19.7. The fourth-order valence-corrected chi connectivity index (χ4v) is 4.85. The van der Waals surface area contributed by atoms with E-state index in [9.17, 15) is 19.5 Å². The van der Waals surface area contributed by atoms with Gasteiger partial charge in [0.05, 0.1) is 5.25 Å². The van der Waals surface area contributed by atoms with Gasteiger partial charge in [0.1, 0.15) is 11.6 Å². The number of nitrogens with zero attached hydrogens (tertiary/aromatic N) is 1. The maximum Gasteiger partial charge on any atom is 0.326 e. The molecule has 182 valence electrons. The number of carbonyl (C=O) groups excluding carboxylic acids is 2. The maximum atomic E-state index is 13.3. The molecule has 8 heteroatoms. The molecule has 2 amide bonds. The number of benzene rings is 1. The summed E-state index contributed by atoms with van der Waals surface area (Å²) in [6.07, 6.45) is 6.77. The van der Waals surface area contributed by atoms with Crippen molar-refractivity contribution in [3.05, 3.63) is 54.4 Å². The molecule has 1 saturated carbocycles. The summed E-state index contributed by atoms with van der Waals surface area (Å²) in [5.74, 6) is -1.55. The van der Waals surface area contributed by atoms with Gasteiger partial charge in [-0.3, -0.25) is 14.6 Å². The van der Waals surface area contributed by atoms with E-state index in [0.717, 1.165) is 29.5 Å². The van der Waals surface area contributed by atoms with Gasteiger partial charge in [0.15, 0.2) is 0 Å². The van der Waals surface area contributed by atoms with Crippen molar-refractivity contribution in [1.82, 2.24) is 15.6 Å². The van der Waals surface area contributed by atoms with Crippen molar-refractivity contribution in [2.24, 2.45) is 5.92 Å². The fourth-order valence-electron chi connectivity index (χ4n) is 4.36. The van der Waals surface area contributed by atoms with Crippen LogP contribution in [0.15, 0.2) is 48.8 Å². The Labute approximate surface area is 206 Å². The van der Waals surface area contributed by atoms with Crippen LogP contribution in [0.5, 0.6) is 0 Å². The highest BCUT2D eigenvalue weighted by Crippen LogP contribution is 2.31. The summed E-state index contributed by atoms with van der Waals surface area (Å²) in [6, 6.07) is 10.2. The first-order chi connectivity index (χ1) is 16.2. The van der Waals surface area contributed by atoms with E-state index in [-0.39, 0.29) is 12.3 Å². The molecule has 1 aliphatic rings.